The fourth-order valence-electron chi connectivity index (χ4n) is 1.93. The van der Waals surface area contributed by atoms with E-state index >= 15 is 0 Å². The van der Waals surface area contributed by atoms with Crippen LogP contribution in [-0.4, -0.2) is 18.6 Å². The molecule has 0 fully saturated rings. The van der Waals surface area contributed by atoms with Gasteiger partial charge in [-0.3, -0.25) is 0 Å². The predicted molar refractivity (Wildman–Crippen MR) is 87.7 cm³/mol. The van der Waals surface area contributed by atoms with Crippen molar-refractivity contribution in [3.8, 4) is 5.75 Å². The lowest BCUT2D eigenvalue weighted by Crippen LogP contribution is -2.12. The Morgan fingerprint density at radius 2 is 2.25 bits per heavy atom. The topological polar surface area (TPSA) is 34.1 Å². The van der Waals surface area contributed by atoms with Gasteiger partial charge in [-0.15, -0.1) is 11.3 Å². The molecule has 1 aromatic carbocycles. The Labute approximate surface area is 132 Å². The Morgan fingerprint density at radius 1 is 1.45 bits per heavy atom. The van der Waals surface area contributed by atoms with Gasteiger partial charge >= 0.3 is 0 Å². The number of nitrogens with one attached hydrogen (secondary N) is 1. The molecular weight excluding hydrogens is 336 g/mol. The molecule has 3 nitrogen and oxygen atoms in total. The normalized spacial score (nSPS) is 12.4. The molecule has 1 aromatic heterocycles. The maximum Gasteiger partial charge on any atom is 0.120 e. The quantitative estimate of drug-likeness (QED) is 0.847. The molecule has 0 amide bonds. The number of hydrogen-bond donors (Lipinski definition) is 1. The van der Waals surface area contributed by atoms with Gasteiger partial charge in [0, 0.05) is 21.8 Å². The van der Waals surface area contributed by atoms with Gasteiger partial charge in [-0.1, -0.05) is 22.0 Å². The molecule has 0 spiro atoms. The lowest BCUT2D eigenvalue weighted by atomic mass is 10.1. The first-order chi connectivity index (χ1) is 9.61. The summed E-state index contributed by atoms with van der Waals surface area (Å²) in [6.07, 6.45) is 0.906. The van der Waals surface area contributed by atoms with Crippen LogP contribution >= 0.6 is 27.3 Å². The van der Waals surface area contributed by atoms with Crippen LogP contribution in [0.25, 0.3) is 0 Å². The molecule has 0 aliphatic rings. The zero-order chi connectivity index (χ0) is 14.5. The number of aromatic nitrogens is 1. The molecule has 1 N–H and O–H groups in total. The highest BCUT2D eigenvalue weighted by Crippen LogP contribution is 2.27. The van der Waals surface area contributed by atoms with Gasteiger partial charge in [0.1, 0.15) is 5.75 Å². The average Bonchev–Trinajstić information content (AvgIpc) is 2.84. The van der Waals surface area contributed by atoms with Crippen LogP contribution in [0.4, 0.5) is 0 Å². The van der Waals surface area contributed by atoms with E-state index < -0.39 is 0 Å². The van der Waals surface area contributed by atoms with Crippen molar-refractivity contribution in [3.63, 3.8) is 0 Å². The van der Waals surface area contributed by atoms with Crippen LogP contribution < -0.4 is 10.1 Å². The van der Waals surface area contributed by atoms with Gasteiger partial charge in [-0.2, -0.15) is 0 Å². The molecule has 1 heterocycles. The molecule has 2 aromatic rings. The summed E-state index contributed by atoms with van der Waals surface area (Å²) in [6.45, 7) is 4.85. The van der Waals surface area contributed by atoms with Crippen LogP contribution in [0.15, 0.2) is 28.2 Å². The molecule has 1 atom stereocenters. The molecule has 0 aliphatic heterocycles. The number of nitrogens with zero attached hydrogens (tertiary/aromatic N) is 1. The highest BCUT2D eigenvalue weighted by molar-refractivity contribution is 9.10. The lowest BCUT2D eigenvalue weighted by molar-refractivity contribution is 0.322. The van der Waals surface area contributed by atoms with E-state index in [4.69, 9.17) is 4.74 Å². The summed E-state index contributed by atoms with van der Waals surface area (Å²) in [5.41, 5.74) is 4.23. The second-order valence-electron chi connectivity index (χ2n) is 4.65. The Kier molecular flexibility index (Phi) is 5.57. The Balaban J connectivity index is 1.94. The number of benzene rings is 1. The molecule has 0 aliphatic carbocycles. The van der Waals surface area contributed by atoms with Gasteiger partial charge in [0.2, 0.25) is 0 Å². The first-order valence-corrected chi connectivity index (χ1v) is 8.27. The number of ether oxygens (including phenoxy) is 1. The molecule has 0 bridgehead atoms. The van der Waals surface area contributed by atoms with E-state index in [1.807, 2.05) is 31.6 Å². The maximum absolute atomic E-state index is 5.81. The monoisotopic (exact) mass is 354 g/mol. The summed E-state index contributed by atoms with van der Waals surface area (Å²) in [5, 5.41) is 3.23. The molecule has 0 radical (unpaired) electrons. The molecule has 5 heteroatoms. The summed E-state index contributed by atoms with van der Waals surface area (Å²) < 4.78 is 6.89. The number of hydrogen-bond acceptors (Lipinski definition) is 4. The van der Waals surface area contributed by atoms with Crippen LogP contribution in [-0.2, 0) is 6.42 Å². The summed E-state index contributed by atoms with van der Waals surface area (Å²) in [5.74, 6) is 0.895. The van der Waals surface area contributed by atoms with Crippen molar-refractivity contribution in [1.29, 1.82) is 0 Å². The van der Waals surface area contributed by atoms with Gasteiger partial charge in [0.15, 0.2) is 0 Å². The van der Waals surface area contributed by atoms with Crippen molar-refractivity contribution in [2.24, 2.45) is 0 Å². The van der Waals surface area contributed by atoms with Gasteiger partial charge in [-0.25, -0.2) is 4.98 Å². The lowest BCUT2D eigenvalue weighted by Gasteiger charge is -2.14. The smallest absolute Gasteiger partial charge is 0.120 e. The summed E-state index contributed by atoms with van der Waals surface area (Å²) in [6, 6.07) is 6.47. The predicted octanol–water partition coefficient (Wildman–Crippen LogP) is 4.12. The molecule has 20 heavy (non-hydrogen) atoms. The van der Waals surface area contributed by atoms with E-state index in [2.05, 4.69) is 39.2 Å². The van der Waals surface area contributed by atoms with Crippen LogP contribution in [0.1, 0.15) is 29.1 Å². The summed E-state index contributed by atoms with van der Waals surface area (Å²) in [7, 11) is 1.96. The Morgan fingerprint density at radius 3 is 2.85 bits per heavy atom. The SMILES string of the molecule is CNC(C)c1ccc(OCCc2scnc2C)cc1Br. The molecular formula is C15H19BrN2OS. The zero-order valence-electron chi connectivity index (χ0n) is 11.9. The van der Waals surface area contributed by atoms with Crippen LogP contribution in [0, 0.1) is 6.92 Å². The van der Waals surface area contributed by atoms with Crippen molar-refractivity contribution >= 4 is 27.3 Å². The minimum Gasteiger partial charge on any atom is -0.493 e. The van der Waals surface area contributed by atoms with Crippen molar-refractivity contribution in [2.75, 3.05) is 13.7 Å². The molecule has 0 saturated carbocycles. The van der Waals surface area contributed by atoms with E-state index in [0.29, 0.717) is 12.6 Å². The fourth-order valence-corrected chi connectivity index (χ4v) is 3.40. The van der Waals surface area contributed by atoms with Crippen molar-refractivity contribution < 1.29 is 4.74 Å². The van der Waals surface area contributed by atoms with Gasteiger partial charge in [0.25, 0.3) is 0 Å². The minimum atomic E-state index is 0.318. The third-order valence-electron chi connectivity index (χ3n) is 3.31. The highest BCUT2D eigenvalue weighted by atomic mass is 79.9. The van der Waals surface area contributed by atoms with E-state index in [1.165, 1.54) is 10.4 Å². The molecule has 108 valence electrons. The van der Waals surface area contributed by atoms with Crippen LogP contribution in [0.3, 0.4) is 0 Å². The van der Waals surface area contributed by atoms with Crippen molar-refractivity contribution in [1.82, 2.24) is 10.3 Å². The zero-order valence-corrected chi connectivity index (χ0v) is 14.3. The maximum atomic E-state index is 5.81. The number of thiazole rings is 1. The van der Waals surface area contributed by atoms with E-state index in [1.54, 1.807) is 11.3 Å². The third-order valence-corrected chi connectivity index (χ3v) is 5.00. The van der Waals surface area contributed by atoms with Crippen LogP contribution in [0.2, 0.25) is 0 Å². The van der Waals surface area contributed by atoms with Crippen molar-refractivity contribution in [2.45, 2.75) is 26.3 Å². The van der Waals surface area contributed by atoms with Crippen molar-refractivity contribution in [3.05, 3.63) is 44.3 Å². The number of aryl methyl sites for hydroxylation is 1. The van der Waals surface area contributed by atoms with E-state index in [0.717, 1.165) is 22.3 Å². The fraction of sp³-hybridized carbons (Fsp3) is 0.400. The minimum absolute atomic E-state index is 0.318. The van der Waals surface area contributed by atoms with Crippen LogP contribution in [0.5, 0.6) is 5.75 Å². The Hall–Kier alpha value is -0.910. The number of halogens is 1. The highest BCUT2D eigenvalue weighted by Gasteiger charge is 2.08. The number of rotatable bonds is 6. The first-order valence-electron chi connectivity index (χ1n) is 6.60. The first kappa shape index (κ1) is 15.5. The van der Waals surface area contributed by atoms with Gasteiger partial charge < -0.3 is 10.1 Å². The standard InChI is InChI=1S/C15H19BrN2OS/c1-10(17-3)13-5-4-12(8-14(13)16)19-7-6-15-11(2)18-9-20-15/h4-5,8-10,17H,6-7H2,1-3H3. The third kappa shape index (κ3) is 3.81. The second kappa shape index (κ2) is 7.20. The Bertz CT molecular complexity index is 571. The summed E-state index contributed by atoms with van der Waals surface area (Å²) >= 11 is 5.29. The molecule has 2 rings (SSSR count). The van der Waals surface area contributed by atoms with E-state index in [-0.39, 0.29) is 0 Å². The van der Waals surface area contributed by atoms with Gasteiger partial charge in [-0.05, 0) is 38.6 Å². The average molecular weight is 355 g/mol. The van der Waals surface area contributed by atoms with E-state index in [9.17, 15) is 0 Å². The second-order valence-corrected chi connectivity index (χ2v) is 6.45. The largest absolute Gasteiger partial charge is 0.493 e. The molecule has 0 saturated heterocycles. The molecule has 1 unspecified atom stereocenters. The van der Waals surface area contributed by atoms with Gasteiger partial charge in [0.05, 0.1) is 17.8 Å². The summed E-state index contributed by atoms with van der Waals surface area (Å²) in [4.78, 5) is 5.54.